The molecule has 0 spiro atoms. The molecule has 4 heteroatoms. The topological polar surface area (TPSA) is 73.0 Å². The molecule has 0 atom stereocenters. The van der Waals surface area contributed by atoms with Crippen molar-refractivity contribution in [2.75, 3.05) is 5.73 Å². The van der Waals surface area contributed by atoms with Gasteiger partial charge in [-0.1, -0.05) is 30.3 Å². The van der Waals surface area contributed by atoms with Gasteiger partial charge in [-0.3, -0.25) is 10.5 Å². The third kappa shape index (κ3) is 1.73. The fourth-order valence-corrected chi connectivity index (χ4v) is 1.98. The molecule has 18 heavy (non-hydrogen) atoms. The monoisotopic (exact) mass is 238 g/mol. The van der Waals surface area contributed by atoms with Gasteiger partial charge in [0.15, 0.2) is 0 Å². The van der Waals surface area contributed by atoms with Crippen molar-refractivity contribution in [3.8, 4) is 11.1 Å². The lowest BCUT2D eigenvalue weighted by Crippen LogP contribution is -2.16. The Kier molecular flexibility index (Phi) is 2.34. The smallest absolute Gasteiger partial charge is 0.270 e. The van der Waals surface area contributed by atoms with Gasteiger partial charge in [0.05, 0.1) is 11.1 Å². The zero-order valence-corrected chi connectivity index (χ0v) is 9.60. The highest BCUT2D eigenvalue weighted by molar-refractivity contribution is 5.77. The number of nitrogen functional groups attached to an aromatic ring is 1. The first-order valence-electron chi connectivity index (χ1n) is 5.64. The van der Waals surface area contributed by atoms with Crippen LogP contribution in [0.2, 0.25) is 0 Å². The molecule has 4 N–H and O–H groups in total. The molecule has 0 radical (unpaired) electrons. The number of hydrogen-bond donors (Lipinski definition) is 2. The minimum absolute atomic E-state index is 0.105. The summed E-state index contributed by atoms with van der Waals surface area (Å²) in [6, 6.07) is 14.9. The van der Waals surface area contributed by atoms with E-state index in [1.165, 1.54) is 0 Å². The van der Waals surface area contributed by atoms with E-state index in [0.29, 0.717) is 11.4 Å². The number of benzene rings is 1. The second kappa shape index (κ2) is 4.00. The van der Waals surface area contributed by atoms with Gasteiger partial charge in [-0.25, -0.2) is 4.98 Å². The average Bonchev–Trinajstić information content (AvgIpc) is 2.39. The molecule has 88 valence electrons. The van der Waals surface area contributed by atoms with Gasteiger partial charge >= 0.3 is 0 Å². The van der Waals surface area contributed by atoms with Crippen LogP contribution >= 0.6 is 0 Å². The van der Waals surface area contributed by atoms with Crippen LogP contribution in [0.3, 0.4) is 0 Å². The predicted molar refractivity (Wildman–Crippen MR) is 71.0 cm³/mol. The first-order chi connectivity index (χ1) is 8.74. The van der Waals surface area contributed by atoms with Gasteiger partial charge in [-0.05, 0) is 11.6 Å². The highest BCUT2D eigenvalue weighted by Gasteiger charge is 2.07. The third-order valence-corrected chi connectivity index (χ3v) is 2.87. The van der Waals surface area contributed by atoms with Crippen molar-refractivity contribution in [1.82, 2.24) is 4.98 Å². The number of nitrogens with one attached hydrogen (secondary N) is 2. The van der Waals surface area contributed by atoms with Crippen molar-refractivity contribution in [2.45, 2.75) is 0 Å². The predicted octanol–water partition coefficient (Wildman–Crippen LogP) is 1.59. The Hall–Kier alpha value is -2.62. The largest absolute Gasteiger partial charge is 0.318 e. The Morgan fingerprint density at radius 3 is 2.61 bits per heavy atom. The molecule has 0 bridgehead atoms. The Morgan fingerprint density at radius 1 is 1.06 bits per heavy atom. The SMILES string of the molecule is Nc1ccc2[nH]c(=O)c(-c3ccccc3)cc2[nH+]1. The summed E-state index contributed by atoms with van der Waals surface area (Å²) in [7, 11) is 0. The molecule has 3 rings (SSSR count). The first-order valence-corrected chi connectivity index (χ1v) is 5.64. The number of aromatic amines is 2. The quantitative estimate of drug-likeness (QED) is 0.675. The second-order valence-electron chi connectivity index (χ2n) is 4.12. The first kappa shape index (κ1) is 10.5. The van der Waals surface area contributed by atoms with Crippen molar-refractivity contribution in [3.63, 3.8) is 0 Å². The minimum atomic E-state index is -0.105. The lowest BCUT2D eigenvalue weighted by Gasteiger charge is -2.01. The zero-order chi connectivity index (χ0) is 12.5. The molecule has 0 aliphatic heterocycles. The van der Waals surface area contributed by atoms with Gasteiger partial charge in [0.2, 0.25) is 0 Å². The maximum absolute atomic E-state index is 12.0. The van der Waals surface area contributed by atoms with E-state index < -0.39 is 0 Å². The van der Waals surface area contributed by atoms with Crippen molar-refractivity contribution in [3.05, 3.63) is 58.9 Å². The van der Waals surface area contributed by atoms with Crippen LogP contribution in [0.5, 0.6) is 0 Å². The molecule has 4 nitrogen and oxygen atoms in total. The van der Waals surface area contributed by atoms with Crippen LogP contribution in [0.1, 0.15) is 0 Å². The molecule has 0 amide bonds. The molecule has 3 aromatic rings. The third-order valence-electron chi connectivity index (χ3n) is 2.87. The number of H-pyrrole nitrogens is 2. The number of pyridine rings is 2. The molecule has 0 aliphatic rings. The van der Waals surface area contributed by atoms with E-state index in [9.17, 15) is 4.79 Å². The van der Waals surface area contributed by atoms with Crippen LogP contribution in [0.4, 0.5) is 5.82 Å². The van der Waals surface area contributed by atoms with Crippen molar-refractivity contribution in [1.29, 1.82) is 0 Å². The van der Waals surface area contributed by atoms with Gasteiger partial charge in [0.1, 0.15) is 5.52 Å². The fourth-order valence-electron chi connectivity index (χ4n) is 1.98. The lowest BCUT2D eigenvalue weighted by atomic mass is 10.1. The van der Waals surface area contributed by atoms with E-state index in [1.807, 2.05) is 36.4 Å². The number of aromatic nitrogens is 2. The number of hydrogen-bond acceptors (Lipinski definition) is 2. The maximum atomic E-state index is 12.0. The van der Waals surface area contributed by atoms with Gasteiger partial charge in [0.25, 0.3) is 11.4 Å². The Labute approximate surface area is 103 Å². The van der Waals surface area contributed by atoms with E-state index >= 15 is 0 Å². The van der Waals surface area contributed by atoms with Crippen molar-refractivity contribution in [2.24, 2.45) is 0 Å². The zero-order valence-electron chi connectivity index (χ0n) is 9.60. The highest BCUT2D eigenvalue weighted by Crippen LogP contribution is 2.17. The fraction of sp³-hybridized carbons (Fsp3) is 0. The Morgan fingerprint density at radius 2 is 1.83 bits per heavy atom. The van der Waals surface area contributed by atoms with E-state index in [4.69, 9.17) is 5.73 Å². The molecular formula is C14H12N3O+. The summed E-state index contributed by atoms with van der Waals surface area (Å²) in [6.45, 7) is 0. The van der Waals surface area contributed by atoms with Crippen LogP contribution in [-0.2, 0) is 0 Å². The number of fused-ring (bicyclic) bond motifs is 1. The maximum Gasteiger partial charge on any atom is 0.270 e. The van der Waals surface area contributed by atoms with Crippen molar-refractivity contribution >= 4 is 16.9 Å². The Balaban J connectivity index is 2.31. The number of anilines is 1. The van der Waals surface area contributed by atoms with E-state index in [-0.39, 0.29) is 5.56 Å². The van der Waals surface area contributed by atoms with E-state index in [0.717, 1.165) is 16.6 Å². The second-order valence-corrected chi connectivity index (χ2v) is 4.12. The summed E-state index contributed by atoms with van der Waals surface area (Å²) in [4.78, 5) is 17.9. The standard InChI is InChI=1S/C14H11N3O/c15-13-7-6-11-12(16-13)8-10(14(18)17-11)9-4-2-1-3-5-9/h1-8H,(H2,15,16)(H,17,18)/p+1. The summed E-state index contributed by atoms with van der Waals surface area (Å²) in [5.74, 6) is 0.563. The number of rotatable bonds is 1. The van der Waals surface area contributed by atoms with Gasteiger partial charge in [-0.2, -0.15) is 0 Å². The molecule has 1 aromatic carbocycles. The average molecular weight is 238 g/mol. The van der Waals surface area contributed by atoms with Crippen LogP contribution < -0.4 is 16.3 Å². The summed E-state index contributed by atoms with van der Waals surface area (Å²) < 4.78 is 0. The molecule has 2 heterocycles. The van der Waals surface area contributed by atoms with Crippen LogP contribution in [0.15, 0.2) is 53.3 Å². The summed E-state index contributed by atoms with van der Waals surface area (Å²) >= 11 is 0. The molecule has 0 aliphatic carbocycles. The van der Waals surface area contributed by atoms with Gasteiger partial charge < -0.3 is 4.98 Å². The summed E-state index contributed by atoms with van der Waals surface area (Å²) in [5, 5.41) is 0. The molecule has 0 saturated carbocycles. The molecule has 2 aromatic heterocycles. The normalized spacial score (nSPS) is 10.7. The summed E-state index contributed by atoms with van der Waals surface area (Å²) in [6.07, 6.45) is 0. The van der Waals surface area contributed by atoms with E-state index in [1.54, 1.807) is 12.1 Å². The molecule has 0 fully saturated rings. The highest BCUT2D eigenvalue weighted by atomic mass is 16.1. The van der Waals surface area contributed by atoms with E-state index in [2.05, 4.69) is 9.97 Å². The van der Waals surface area contributed by atoms with Gasteiger partial charge in [0, 0.05) is 12.1 Å². The molecular weight excluding hydrogens is 226 g/mol. The minimum Gasteiger partial charge on any atom is -0.318 e. The molecule has 0 saturated heterocycles. The van der Waals surface area contributed by atoms with Crippen LogP contribution in [-0.4, -0.2) is 4.98 Å². The van der Waals surface area contributed by atoms with Crippen LogP contribution in [0.25, 0.3) is 22.2 Å². The molecule has 0 unspecified atom stereocenters. The lowest BCUT2D eigenvalue weighted by molar-refractivity contribution is -0.326. The number of nitrogens with two attached hydrogens (primary N) is 1. The summed E-state index contributed by atoms with van der Waals surface area (Å²) in [5.41, 5.74) is 8.67. The van der Waals surface area contributed by atoms with Crippen molar-refractivity contribution < 1.29 is 4.98 Å². The Bertz CT molecular complexity index is 763. The van der Waals surface area contributed by atoms with Crippen LogP contribution in [0, 0.1) is 0 Å². The van der Waals surface area contributed by atoms with Gasteiger partial charge in [-0.15, -0.1) is 0 Å².